The van der Waals surface area contributed by atoms with Crippen LogP contribution in [0.25, 0.3) is 0 Å². The number of rotatable bonds is 0. The second kappa shape index (κ2) is 62.4. The molecule has 0 aromatic carbocycles. The molecule has 0 aromatic rings. The summed E-state index contributed by atoms with van der Waals surface area (Å²) in [6.07, 6.45) is 0. The molecular formula is H5LiOPSSiZn. The smallest absolute Gasteiger partial charge is 0.381 e. The molecule has 0 aromatic heterocycles. The Hall–Kier alpha value is 2.02. The van der Waals surface area contributed by atoms with E-state index in [0.717, 1.165) is 0 Å². The minimum absolute atomic E-state index is 0. The fourth-order valence-corrected chi connectivity index (χ4v) is 0. The topological polar surface area (TPSA) is 17.1 Å². The van der Waals surface area contributed by atoms with Crippen LogP contribution in [-0.4, -0.2) is 29.0 Å². The normalized spacial score (nSPS) is 0.667. The van der Waals surface area contributed by atoms with Crippen LogP contribution >= 0.6 is 23.4 Å². The molecule has 0 bridgehead atoms. The minimum atomic E-state index is 0. The first kappa shape index (κ1) is 43.4. The first-order chi connectivity index (χ1) is 1.00. The summed E-state index contributed by atoms with van der Waals surface area (Å²) >= 11 is 0. The molecule has 0 N–H and O–H groups in total. The third kappa shape index (κ3) is 37.2. The van der Waals surface area contributed by atoms with Crippen LogP contribution in [0.3, 0.4) is 0 Å². The van der Waals surface area contributed by atoms with Gasteiger partial charge in [-0.2, -0.15) is 23.4 Å². The third-order valence-corrected chi connectivity index (χ3v) is 0. The Morgan fingerprint density at radius 1 is 1.17 bits per heavy atom. The van der Waals surface area contributed by atoms with E-state index in [2.05, 4.69) is 0 Å². The van der Waals surface area contributed by atoms with Gasteiger partial charge in [0.05, 0.1) is 0 Å². The Morgan fingerprint density at radius 3 is 1.17 bits per heavy atom. The van der Waals surface area contributed by atoms with Gasteiger partial charge in [-0.25, -0.2) is 0 Å². The molecule has 0 saturated carbocycles. The molecule has 0 aliphatic carbocycles. The molecule has 1 atom stereocenters. The summed E-state index contributed by atoms with van der Waals surface area (Å²) in [7, 11) is 1.72. The molecule has 0 spiro atoms. The predicted octanol–water partition coefficient (Wildman–Crippen LogP) is -0.712. The fourth-order valence-electron chi connectivity index (χ4n) is 0. The summed E-state index contributed by atoms with van der Waals surface area (Å²) in [4.78, 5) is 0. The van der Waals surface area contributed by atoms with Crippen LogP contribution in [0.15, 0.2) is 0 Å². The fraction of sp³-hybridized carbons (Fsp3) is 0. The van der Waals surface area contributed by atoms with Gasteiger partial charge in [0.15, 0.2) is 0 Å². The molecule has 3 radical (unpaired) electrons. The Labute approximate surface area is 75.9 Å². The number of hydrogen-bond acceptors (Lipinski definition) is 1. The molecule has 0 saturated heterocycles. The monoisotopic (exact) mass is 183 g/mol. The van der Waals surface area contributed by atoms with Crippen molar-refractivity contribution in [2.45, 2.75) is 0 Å². The third-order valence-electron chi connectivity index (χ3n) is 0. The molecular weight excluding hydrogens is 179 g/mol. The first-order valence-corrected chi connectivity index (χ1v) is 0.612. The van der Waals surface area contributed by atoms with E-state index in [9.17, 15) is 0 Å². The summed E-state index contributed by atoms with van der Waals surface area (Å²) in [6, 6.07) is 0. The van der Waals surface area contributed by atoms with E-state index in [-0.39, 0.29) is 61.7 Å². The van der Waals surface area contributed by atoms with Crippen LogP contribution in [0, 0.1) is 0 Å². The first-order valence-electron chi connectivity index (χ1n) is 0.204. The van der Waals surface area contributed by atoms with Crippen molar-refractivity contribution < 1.29 is 23.9 Å². The maximum atomic E-state index is 8.06. The summed E-state index contributed by atoms with van der Waals surface area (Å²) in [5.41, 5.74) is 0. The molecule has 0 fully saturated rings. The summed E-state index contributed by atoms with van der Waals surface area (Å²) in [5, 5.41) is 0. The van der Waals surface area contributed by atoms with Crippen LogP contribution < -0.4 is 0 Å². The van der Waals surface area contributed by atoms with Gasteiger partial charge in [0.1, 0.15) is 0 Å². The Morgan fingerprint density at radius 2 is 1.17 bits per heavy atom. The second-order valence-corrected chi connectivity index (χ2v) is 0. The van der Waals surface area contributed by atoms with Crippen molar-refractivity contribution >= 4 is 52.4 Å². The van der Waals surface area contributed by atoms with E-state index in [1.165, 1.54) is 0 Å². The van der Waals surface area contributed by atoms with Crippen LogP contribution in [-0.2, 0) is 23.9 Å². The molecule has 0 aliphatic heterocycles. The Bertz CT molecular complexity index is 15.5. The predicted molar refractivity (Wildman–Crippen MR) is 33.7 cm³/mol. The van der Waals surface area contributed by atoms with E-state index >= 15 is 0 Å². The molecule has 0 amide bonds. The quantitative estimate of drug-likeness (QED) is 0.359. The van der Waals surface area contributed by atoms with Crippen LogP contribution in [0.2, 0.25) is 0 Å². The van der Waals surface area contributed by atoms with Crippen molar-refractivity contribution in [3.05, 3.63) is 0 Å². The second-order valence-electron chi connectivity index (χ2n) is 0. The van der Waals surface area contributed by atoms with Crippen LogP contribution in [0.5, 0.6) is 0 Å². The minimum Gasteiger partial charge on any atom is -0.381 e. The molecule has 1 unspecified atom stereocenters. The van der Waals surface area contributed by atoms with Crippen LogP contribution in [0.1, 0.15) is 0 Å². The van der Waals surface area contributed by atoms with Gasteiger partial charge in [-0.15, -0.1) is 0 Å². The Kier molecular flexibility index (Phi) is 451. The van der Waals surface area contributed by atoms with Crippen molar-refractivity contribution in [2.24, 2.45) is 0 Å². The van der Waals surface area contributed by atoms with Gasteiger partial charge in [-0.3, -0.25) is 0 Å². The average Bonchev–Trinajstić information content (AvgIpc) is 1.00. The molecule has 1 nitrogen and oxygen atoms in total. The van der Waals surface area contributed by atoms with Gasteiger partial charge in [0.2, 0.25) is 0 Å². The number of hydrogen-bond donors (Lipinski definition) is 0. The largest absolute Gasteiger partial charge is 0.381 e. The molecule has 0 aliphatic rings. The van der Waals surface area contributed by atoms with Gasteiger partial charge in [0.25, 0.3) is 0 Å². The molecule has 0 heterocycles. The zero-order valence-corrected chi connectivity index (χ0v) is 10.2. The van der Waals surface area contributed by atoms with Gasteiger partial charge >= 0.3 is 10.1 Å². The standard InChI is InChI=1S/Li.OSi.H3P.H2S.Zn/c;1-2;;;/h;;1H3;1H2;. The summed E-state index contributed by atoms with van der Waals surface area (Å²) < 4.78 is 8.06. The van der Waals surface area contributed by atoms with Crippen molar-refractivity contribution in [3.63, 3.8) is 0 Å². The van der Waals surface area contributed by atoms with E-state index in [4.69, 9.17) is 4.46 Å². The summed E-state index contributed by atoms with van der Waals surface area (Å²) in [6.45, 7) is 0. The maximum Gasteiger partial charge on any atom is 0.381 e. The van der Waals surface area contributed by atoms with Gasteiger partial charge in [-0.05, 0) is 0 Å². The van der Waals surface area contributed by atoms with Crippen molar-refractivity contribution in [1.29, 1.82) is 0 Å². The molecule has 29 valence electrons. The van der Waals surface area contributed by atoms with Gasteiger partial charge < -0.3 is 4.46 Å². The van der Waals surface area contributed by atoms with Crippen molar-refractivity contribution in [1.82, 2.24) is 0 Å². The van der Waals surface area contributed by atoms with E-state index in [0.29, 0.717) is 0 Å². The van der Waals surface area contributed by atoms with E-state index in [1.807, 2.05) is 0 Å². The molecule has 0 rings (SSSR count). The maximum absolute atomic E-state index is 8.06. The van der Waals surface area contributed by atoms with Crippen LogP contribution in [0.4, 0.5) is 0 Å². The Balaban J connectivity index is -0.000000000833. The molecule has 6 heavy (non-hydrogen) atoms. The van der Waals surface area contributed by atoms with E-state index < -0.39 is 0 Å². The van der Waals surface area contributed by atoms with Gasteiger partial charge in [0, 0.05) is 38.3 Å². The van der Waals surface area contributed by atoms with E-state index in [1.54, 1.807) is 10.1 Å². The zero-order valence-electron chi connectivity index (χ0n) is 3.82. The van der Waals surface area contributed by atoms with Crippen molar-refractivity contribution in [3.8, 4) is 0 Å². The van der Waals surface area contributed by atoms with Gasteiger partial charge in [-0.1, -0.05) is 0 Å². The summed E-state index contributed by atoms with van der Waals surface area (Å²) in [5.74, 6) is 0. The molecule has 6 heteroatoms. The average molecular weight is 184 g/mol. The zero-order chi connectivity index (χ0) is 2.00. The SMILES string of the molecule is O=[Si].P.S.[Li].[Zn]. The van der Waals surface area contributed by atoms with Crippen molar-refractivity contribution in [2.75, 3.05) is 0 Å².